The highest BCUT2D eigenvalue weighted by atomic mass is 32.2. The number of hydrazone groups is 1. The molecule has 0 radical (unpaired) electrons. The number of nitrogens with zero attached hydrogens (tertiary/aromatic N) is 2. The molecule has 1 N–H and O–H groups in total. The lowest BCUT2D eigenvalue weighted by atomic mass is 10.1. The minimum Gasteiger partial charge on any atom is -0.306 e. The SMILES string of the molecule is Cc1cc(C)cc(CSCC(=O)NN=C2CCN(C)CC2)c1. The molecule has 0 saturated carbocycles. The predicted octanol–water partition coefficient (Wildman–Crippen LogP) is 2.73. The van der Waals surface area contributed by atoms with Crippen LogP contribution in [-0.4, -0.2) is 42.4 Å². The van der Waals surface area contributed by atoms with Gasteiger partial charge in [-0.1, -0.05) is 29.3 Å². The summed E-state index contributed by atoms with van der Waals surface area (Å²) < 4.78 is 0. The molecule has 4 nitrogen and oxygen atoms in total. The molecule has 22 heavy (non-hydrogen) atoms. The first kappa shape index (κ1) is 17.0. The Hall–Kier alpha value is -1.33. The van der Waals surface area contributed by atoms with Crippen molar-refractivity contribution < 1.29 is 4.79 Å². The second-order valence-electron chi connectivity index (χ2n) is 6.01. The zero-order chi connectivity index (χ0) is 15.9. The third kappa shape index (κ3) is 5.81. The number of thioether (sulfide) groups is 1. The van der Waals surface area contributed by atoms with Gasteiger partial charge in [-0.3, -0.25) is 4.79 Å². The lowest BCUT2D eigenvalue weighted by Gasteiger charge is -2.22. The molecule has 1 amide bonds. The highest BCUT2D eigenvalue weighted by molar-refractivity contribution is 7.99. The van der Waals surface area contributed by atoms with E-state index in [2.05, 4.69) is 54.5 Å². The number of benzene rings is 1. The zero-order valence-corrected chi connectivity index (χ0v) is 14.5. The van der Waals surface area contributed by atoms with Crippen molar-refractivity contribution in [2.75, 3.05) is 25.9 Å². The Morgan fingerprint density at radius 3 is 2.50 bits per heavy atom. The third-order valence-electron chi connectivity index (χ3n) is 3.69. The number of piperidine rings is 1. The monoisotopic (exact) mass is 319 g/mol. The van der Waals surface area contributed by atoms with Crippen LogP contribution < -0.4 is 5.43 Å². The molecule has 1 aliphatic heterocycles. The summed E-state index contributed by atoms with van der Waals surface area (Å²) in [4.78, 5) is 14.1. The molecule has 1 aliphatic rings. The van der Waals surface area contributed by atoms with Gasteiger partial charge in [0.15, 0.2) is 0 Å². The standard InChI is InChI=1S/C17H25N3OS/c1-13-8-14(2)10-15(9-13)11-22-12-17(21)19-18-16-4-6-20(3)7-5-16/h8-10H,4-7,11-12H2,1-3H3,(H,19,21). The van der Waals surface area contributed by atoms with Crippen LogP contribution in [0.3, 0.4) is 0 Å². The van der Waals surface area contributed by atoms with E-state index in [1.807, 2.05) is 0 Å². The van der Waals surface area contributed by atoms with Gasteiger partial charge in [-0.25, -0.2) is 5.43 Å². The maximum absolute atomic E-state index is 11.8. The van der Waals surface area contributed by atoms with Gasteiger partial charge >= 0.3 is 0 Å². The third-order valence-corrected chi connectivity index (χ3v) is 4.69. The first-order valence-corrected chi connectivity index (χ1v) is 8.86. The molecule has 1 aromatic carbocycles. The average Bonchev–Trinajstić information content (AvgIpc) is 2.46. The van der Waals surface area contributed by atoms with Crippen molar-refractivity contribution in [1.82, 2.24) is 10.3 Å². The van der Waals surface area contributed by atoms with Gasteiger partial charge in [0.2, 0.25) is 5.91 Å². The fourth-order valence-electron chi connectivity index (χ4n) is 2.58. The Bertz CT molecular complexity index is 527. The Morgan fingerprint density at radius 2 is 1.86 bits per heavy atom. The molecule has 1 fully saturated rings. The van der Waals surface area contributed by atoms with Gasteiger partial charge in [0.1, 0.15) is 0 Å². The fourth-order valence-corrected chi connectivity index (χ4v) is 3.33. The Balaban J connectivity index is 1.70. The van der Waals surface area contributed by atoms with Crippen molar-refractivity contribution in [3.63, 3.8) is 0 Å². The highest BCUT2D eigenvalue weighted by Gasteiger charge is 2.11. The van der Waals surface area contributed by atoms with Crippen molar-refractivity contribution in [1.29, 1.82) is 0 Å². The number of likely N-dealkylation sites (tertiary alicyclic amines) is 1. The first-order chi connectivity index (χ1) is 10.5. The molecule has 120 valence electrons. The summed E-state index contributed by atoms with van der Waals surface area (Å²) in [5.41, 5.74) is 7.61. The molecule has 0 unspecified atom stereocenters. The van der Waals surface area contributed by atoms with Crippen LogP contribution in [-0.2, 0) is 10.5 Å². The number of amides is 1. The molecule has 1 aromatic rings. The zero-order valence-electron chi connectivity index (χ0n) is 13.7. The topological polar surface area (TPSA) is 44.7 Å². The Kier molecular flexibility index (Phi) is 6.46. The first-order valence-electron chi connectivity index (χ1n) is 7.70. The molecule has 0 aliphatic carbocycles. The van der Waals surface area contributed by atoms with E-state index < -0.39 is 0 Å². The van der Waals surface area contributed by atoms with Gasteiger partial charge in [-0.15, -0.1) is 11.8 Å². The van der Waals surface area contributed by atoms with E-state index in [1.54, 1.807) is 11.8 Å². The van der Waals surface area contributed by atoms with Crippen LogP contribution in [0.4, 0.5) is 0 Å². The lowest BCUT2D eigenvalue weighted by Crippen LogP contribution is -2.32. The molecule has 0 spiro atoms. The molecule has 1 saturated heterocycles. The number of hydrogen-bond donors (Lipinski definition) is 1. The van der Waals surface area contributed by atoms with Crippen molar-refractivity contribution in [2.45, 2.75) is 32.4 Å². The fraction of sp³-hybridized carbons (Fsp3) is 0.529. The van der Waals surface area contributed by atoms with Crippen LogP contribution >= 0.6 is 11.8 Å². The van der Waals surface area contributed by atoms with Crippen LogP contribution in [0.25, 0.3) is 0 Å². The summed E-state index contributed by atoms with van der Waals surface area (Å²) in [6.45, 7) is 6.25. The minimum absolute atomic E-state index is 0.0131. The normalized spacial score (nSPS) is 15.7. The van der Waals surface area contributed by atoms with Crippen molar-refractivity contribution in [2.24, 2.45) is 5.10 Å². The van der Waals surface area contributed by atoms with Crippen LogP contribution in [0.15, 0.2) is 23.3 Å². The van der Waals surface area contributed by atoms with Crippen LogP contribution in [0.1, 0.15) is 29.5 Å². The summed E-state index contributed by atoms with van der Waals surface area (Å²) in [5, 5.41) is 4.25. The highest BCUT2D eigenvalue weighted by Crippen LogP contribution is 2.15. The van der Waals surface area contributed by atoms with Crippen molar-refractivity contribution >= 4 is 23.4 Å². The summed E-state index contributed by atoms with van der Waals surface area (Å²) in [6, 6.07) is 6.52. The summed E-state index contributed by atoms with van der Waals surface area (Å²) in [5.74, 6) is 1.29. The quantitative estimate of drug-likeness (QED) is 0.849. The molecule has 1 heterocycles. The molecule has 2 rings (SSSR count). The van der Waals surface area contributed by atoms with E-state index in [1.165, 1.54) is 16.7 Å². The smallest absolute Gasteiger partial charge is 0.250 e. The summed E-state index contributed by atoms with van der Waals surface area (Å²) in [6.07, 6.45) is 1.90. The second kappa shape index (κ2) is 8.34. The molecule has 0 bridgehead atoms. The second-order valence-corrected chi connectivity index (χ2v) is 6.99. The molecule has 0 atom stereocenters. The van der Waals surface area contributed by atoms with E-state index in [4.69, 9.17) is 0 Å². The van der Waals surface area contributed by atoms with Crippen LogP contribution in [0.5, 0.6) is 0 Å². The van der Waals surface area contributed by atoms with E-state index in [0.29, 0.717) is 5.75 Å². The minimum atomic E-state index is -0.0131. The van der Waals surface area contributed by atoms with E-state index in [9.17, 15) is 4.79 Å². The maximum Gasteiger partial charge on any atom is 0.250 e. The van der Waals surface area contributed by atoms with Gasteiger partial charge in [-0.05, 0) is 26.5 Å². The van der Waals surface area contributed by atoms with Gasteiger partial charge < -0.3 is 4.90 Å². The predicted molar refractivity (Wildman–Crippen MR) is 94.4 cm³/mol. The van der Waals surface area contributed by atoms with Crippen LogP contribution in [0, 0.1) is 13.8 Å². The molecular formula is C17H25N3OS. The number of rotatable bonds is 5. The Morgan fingerprint density at radius 1 is 1.23 bits per heavy atom. The van der Waals surface area contributed by atoms with Crippen molar-refractivity contribution in [3.05, 3.63) is 34.9 Å². The number of carbonyl (C=O) groups excluding carboxylic acids is 1. The van der Waals surface area contributed by atoms with Gasteiger partial charge in [0, 0.05) is 37.4 Å². The molecular weight excluding hydrogens is 294 g/mol. The summed E-state index contributed by atoms with van der Waals surface area (Å²) >= 11 is 1.63. The van der Waals surface area contributed by atoms with Gasteiger partial charge in [-0.2, -0.15) is 5.10 Å². The lowest BCUT2D eigenvalue weighted by molar-refractivity contribution is -0.118. The molecule has 0 aromatic heterocycles. The number of nitrogens with one attached hydrogen (secondary N) is 1. The molecule has 5 heteroatoms. The van der Waals surface area contributed by atoms with Gasteiger partial charge in [0.05, 0.1) is 5.75 Å². The van der Waals surface area contributed by atoms with Gasteiger partial charge in [0.25, 0.3) is 0 Å². The van der Waals surface area contributed by atoms with E-state index >= 15 is 0 Å². The maximum atomic E-state index is 11.8. The average molecular weight is 319 g/mol. The number of hydrogen-bond acceptors (Lipinski definition) is 4. The summed E-state index contributed by atoms with van der Waals surface area (Å²) in [7, 11) is 2.11. The number of aryl methyl sites for hydroxylation is 2. The van der Waals surface area contributed by atoms with Crippen LogP contribution in [0.2, 0.25) is 0 Å². The largest absolute Gasteiger partial charge is 0.306 e. The number of carbonyl (C=O) groups is 1. The van der Waals surface area contributed by atoms with E-state index in [-0.39, 0.29) is 5.91 Å². The Labute approximate surface area is 137 Å². The van der Waals surface area contributed by atoms with E-state index in [0.717, 1.165) is 37.4 Å². The van der Waals surface area contributed by atoms with Crippen molar-refractivity contribution in [3.8, 4) is 0 Å².